The van der Waals surface area contributed by atoms with E-state index >= 15 is 0 Å². The molecule has 2 heterocycles. The van der Waals surface area contributed by atoms with Crippen LogP contribution >= 0.6 is 15.9 Å². The predicted octanol–water partition coefficient (Wildman–Crippen LogP) is 4.17. The van der Waals surface area contributed by atoms with Crippen LogP contribution in [0.15, 0.2) is 28.7 Å². The average molecular weight is 429 g/mol. The molecule has 0 spiro atoms. The van der Waals surface area contributed by atoms with Crippen LogP contribution in [0.1, 0.15) is 28.9 Å². The molecule has 1 aliphatic rings. The molecule has 9 heteroatoms. The lowest BCUT2D eigenvalue weighted by Gasteiger charge is -2.31. The number of hydrogen-bond donors (Lipinski definition) is 1. The third-order valence-electron chi connectivity index (χ3n) is 4.04. The molecule has 0 unspecified atom stereocenters. The van der Waals surface area contributed by atoms with Crippen molar-refractivity contribution in [2.75, 3.05) is 23.3 Å². The minimum Gasteiger partial charge on any atom is -0.340 e. The first kappa shape index (κ1) is 18.6. The van der Waals surface area contributed by atoms with Gasteiger partial charge in [-0.3, -0.25) is 4.79 Å². The summed E-state index contributed by atoms with van der Waals surface area (Å²) in [6.07, 6.45) is -0.536. The van der Waals surface area contributed by atoms with Crippen molar-refractivity contribution in [3.63, 3.8) is 0 Å². The van der Waals surface area contributed by atoms with Crippen LogP contribution < -0.4 is 10.2 Å². The number of rotatable bonds is 3. The van der Waals surface area contributed by atoms with Gasteiger partial charge >= 0.3 is 0 Å². The third-order valence-corrected chi connectivity index (χ3v) is 4.53. The Hall–Kier alpha value is -2.16. The van der Waals surface area contributed by atoms with Crippen LogP contribution in [-0.4, -0.2) is 34.9 Å². The van der Waals surface area contributed by atoms with E-state index in [0.717, 1.165) is 0 Å². The standard InChI is InChI=1S/C17H16BrF3N4O/c1-10-8-14(23-15(26)12-3-2-11(18)9-13(12)19)24-16(22-10)25-6-4-17(20,21)5-7-25/h2-3,8-9H,4-7H2,1H3,(H,22,23,24,26). The zero-order chi connectivity index (χ0) is 18.9. The lowest BCUT2D eigenvalue weighted by atomic mass is 10.1. The van der Waals surface area contributed by atoms with Crippen molar-refractivity contribution in [2.24, 2.45) is 0 Å². The van der Waals surface area contributed by atoms with Gasteiger partial charge in [-0.15, -0.1) is 0 Å². The molecule has 1 amide bonds. The van der Waals surface area contributed by atoms with E-state index in [1.807, 2.05) is 0 Å². The van der Waals surface area contributed by atoms with Crippen LogP contribution in [0.3, 0.4) is 0 Å². The number of piperidine rings is 1. The number of benzene rings is 1. The van der Waals surface area contributed by atoms with Crippen LogP contribution in [0.2, 0.25) is 0 Å². The maximum Gasteiger partial charge on any atom is 0.259 e. The zero-order valence-corrected chi connectivity index (χ0v) is 15.5. The van der Waals surface area contributed by atoms with E-state index in [9.17, 15) is 18.0 Å². The summed E-state index contributed by atoms with van der Waals surface area (Å²) in [4.78, 5) is 22.4. The van der Waals surface area contributed by atoms with Gasteiger partial charge in [0.05, 0.1) is 5.56 Å². The molecule has 0 atom stereocenters. The Labute approximate surface area is 156 Å². The van der Waals surface area contributed by atoms with E-state index in [2.05, 4.69) is 31.2 Å². The van der Waals surface area contributed by atoms with Crippen LogP contribution in [-0.2, 0) is 0 Å². The summed E-state index contributed by atoms with van der Waals surface area (Å²) in [5, 5.41) is 2.53. The lowest BCUT2D eigenvalue weighted by molar-refractivity contribution is -0.0222. The van der Waals surface area contributed by atoms with Gasteiger partial charge in [0.1, 0.15) is 11.6 Å². The Kier molecular flexibility index (Phi) is 5.17. The summed E-state index contributed by atoms with van der Waals surface area (Å²) in [6, 6.07) is 5.65. The number of nitrogens with one attached hydrogen (secondary N) is 1. The van der Waals surface area contributed by atoms with E-state index in [0.29, 0.717) is 10.2 Å². The maximum absolute atomic E-state index is 13.9. The van der Waals surface area contributed by atoms with Gasteiger partial charge in [0, 0.05) is 42.2 Å². The maximum atomic E-state index is 13.9. The molecule has 0 saturated carbocycles. The molecular weight excluding hydrogens is 413 g/mol. The largest absolute Gasteiger partial charge is 0.340 e. The second-order valence-electron chi connectivity index (χ2n) is 6.12. The molecule has 1 aromatic heterocycles. The van der Waals surface area contributed by atoms with E-state index in [-0.39, 0.29) is 43.3 Å². The van der Waals surface area contributed by atoms with Crippen LogP contribution in [0.25, 0.3) is 0 Å². The Balaban J connectivity index is 1.78. The Bertz CT molecular complexity index is 837. The predicted molar refractivity (Wildman–Crippen MR) is 95.2 cm³/mol. The number of aromatic nitrogens is 2. The van der Waals surface area contributed by atoms with E-state index in [1.165, 1.54) is 18.2 Å². The van der Waals surface area contributed by atoms with Crippen molar-refractivity contribution in [3.05, 3.63) is 45.8 Å². The molecule has 3 rings (SSSR count). The van der Waals surface area contributed by atoms with E-state index < -0.39 is 17.6 Å². The van der Waals surface area contributed by atoms with E-state index in [4.69, 9.17) is 0 Å². The molecule has 1 N–H and O–H groups in total. The first-order valence-electron chi connectivity index (χ1n) is 7.98. The van der Waals surface area contributed by atoms with Crippen LogP contribution in [0, 0.1) is 12.7 Å². The SMILES string of the molecule is Cc1cc(NC(=O)c2ccc(Br)cc2F)nc(N2CCC(F)(F)CC2)n1. The summed E-state index contributed by atoms with van der Waals surface area (Å²) >= 11 is 3.13. The second-order valence-corrected chi connectivity index (χ2v) is 7.03. The van der Waals surface area contributed by atoms with Gasteiger partial charge in [-0.25, -0.2) is 18.2 Å². The number of aryl methyl sites for hydroxylation is 1. The quantitative estimate of drug-likeness (QED) is 0.796. The Morgan fingerprint density at radius 2 is 1.92 bits per heavy atom. The topological polar surface area (TPSA) is 58.1 Å². The van der Waals surface area contributed by atoms with Crippen molar-refractivity contribution >= 4 is 33.6 Å². The Morgan fingerprint density at radius 3 is 2.58 bits per heavy atom. The van der Waals surface area contributed by atoms with Crippen LogP contribution in [0.4, 0.5) is 24.9 Å². The molecule has 2 aromatic rings. The Morgan fingerprint density at radius 1 is 1.23 bits per heavy atom. The summed E-state index contributed by atoms with van der Waals surface area (Å²) in [6.45, 7) is 1.97. The zero-order valence-electron chi connectivity index (χ0n) is 13.9. The number of nitrogens with zero attached hydrogens (tertiary/aromatic N) is 3. The normalized spacial score (nSPS) is 16.4. The van der Waals surface area contributed by atoms with Gasteiger partial charge in [-0.1, -0.05) is 15.9 Å². The van der Waals surface area contributed by atoms with Crippen molar-refractivity contribution < 1.29 is 18.0 Å². The monoisotopic (exact) mass is 428 g/mol. The molecular formula is C17H16BrF3N4O. The van der Waals surface area contributed by atoms with Gasteiger partial charge in [0.15, 0.2) is 0 Å². The smallest absolute Gasteiger partial charge is 0.259 e. The molecule has 26 heavy (non-hydrogen) atoms. The number of anilines is 2. The molecule has 138 valence electrons. The van der Waals surface area contributed by atoms with Gasteiger partial charge < -0.3 is 10.2 Å². The first-order valence-corrected chi connectivity index (χ1v) is 8.78. The van der Waals surface area contributed by atoms with Gasteiger partial charge in [0.25, 0.3) is 11.8 Å². The van der Waals surface area contributed by atoms with Crippen molar-refractivity contribution in [3.8, 4) is 0 Å². The number of halogens is 4. The summed E-state index contributed by atoms with van der Waals surface area (Å²) in [7, 11) is 0. The summed E-state index contributed by atoms with van der Waals surface area (Å²) < 4.78 is 41.1. The van der Waals surface area contributed by atoms with Crippen molar-refractivity contribution in [1.29, 1.82) is 0 Å². The minimum absolute atomic E-state index is 0.122. The lowest BCUT2D eigenvalue weighted by Crippen LogP contribution is -2.40. The summed E-state index contributed by atoms with van der Waals surface area (Å²) in [5.41, 5.74) is 0.447. The second kappa shape index (κ2) is 7.22. The molecule has 0 radical (unpaired) electrons. The molecule has 0 aliphatic carbocycles. The minimum atomic E-state index is -2.67. The number of amides is 1. The van der Waals surface area contributed by atoms with Gasteiger partial charge in [-0.05, 0) is 25.1 Å². The van der Waals surface area contributed by atoms with Crippen LogP contribution in [0.5, 0.6) is 0 Å². The molecule has 1 saturated heterocycles. The molecule has 1 aromatic carbocycles. The molecule has 0 bridgehead atoms. The third kappa shape index (κ3) is 4.32. The fourth-order valence-electron chi connectivity index (χ4n) is 2.65. The molecule has 1 fully saturated rings. The number of carbonyl (C=O) groups is 1. The average Bonchev–Trinajstić information content (AvgIpc) is 2.54. The first-order chi connectivity index (χ1) is 12.2. The fourth-order valence-corrected chi connectivity index (χ4v) is 2.98. The van der Waals surface area contributed by atoms with Crippen molar-refractivity contribution in [2.45, 2.75) is 25.7 Å². The van der Waals surface area contributed by atoms with E-state index in [1.54, 1.807) is 17.9 Å². The molecule has 1 aliphatic heterocycles. The number of hydrogen-bond acceptors (Lipinski definition) is 4. The highest BCUT2D eigenvalue weighted by Gasteiger charge is 2.34. The fraction of sp³-hybridized carbons (Fsp3) is 0.353. The molecule has 5 nitrogen and oxygen atoms in total. The number of alkyl halides is 2. The highest BCUT2D eigenvalue weighted by Crippen LogP contribution is 2.29. The number of carbonyl (C=O) groups excluding carboxylic acids is 1. The van der Waals surface area contributed by atoms with Gasteiger partial charge in [-0.2, -0.15) is 4.98 Å². The highest BCUT2D eigenvalue weighted by atomic mass is 79.9. The highest BCUT2D eigenvalue weighted by molar-refractivity contribution is 9.10. The summed E-state index contributed by atoms with van der Waals surface area (Å²) in [5.74, 6) is -3.52. The van der Waals surface area contributed by atoms with Crippen molar-refractivity contribution in [1.82, 2.24) is 9.97 Å². The van der Waals surface area contributed by atoms with Gasteiger partial charge in [0.2, 0.25) is 5.95 Å².